The first-order valence-electron chi connectivity index (χ1n) is 6.59. The molecule has 0 aromatic heterocycles. The van der Waals surface area contributed by atoms with Crippen LogP contribution < -0.4 is 15.2 Å². The van der Waals surface area contributed by atoms with Gasteiger partial charge < -0.3 is 15.2 Å². The Morgan fingerprint density at radius 1 is 1.06 bits per heavy atom. The zero-order valence-electron chi connectivity index (χ0n) is 10.6. The molecule has 1 aromatic rings. The average Bonchev–Trinajstić information content (AvgIpc) is 2.59. The molecule has 1 heterocycles. The lowest BCUT2D eigenvalue weighted by Crippen LogP contribution is -1.99. The van der Waals surface area contributed by atoms with Crippen molar-refractivity contribution < 1.29 is 9.47 Å². The number of benzene rings is 1. The van der Waals surface area contributed by atoms with Crippen LogP contribution in [0, 0.1) is 0 Å². The van der Waals surface area contributed by atoms with E-state index in [0.717, 1.165) is 60.7 Å². The highest BCUT2D eigenvalue weighted by atomic mass is 35.5. The van der Waals surface area contributed by atoms with E-state index in [4.69, 9.17) is 26.8 Å². The van der Waals surface area contributed by atoms with E-state index in [2.05, 4.69) is 0 Å². The number of rotatable bonds is 5. The first-order valence-corrected chi connectivity index (χ1v) is 6.97. The molecule has 0 atom stereocenters. The van der Waals surface area contributed by atoms with E-state index >= 15 is 0 Å². The largest absolute Gasteiger partial charge is 0.490 e. The minimum atomic E-state index is 0.694. The number of ether oxygens (including phenoxy) is 2. The Balaban J connectivity index is 2.04. The summed E-state index contributed by atoms with van der Waals surface area (Å²) in [6.07, 6.45) is 5.20. The maximum absolute atomic E-state index is 6.27. The second-order valence-electron chi connectivity index (χ2n) is 4.54. The highest BCUT2D eigenvalue weighted by Crippen LogP contribution is 2.35. The van der Waals surface area contributed by atoms with Crippen LogP contribution >= 0.6 is 11.6 Å². The summed E-state index contributed by atoms with van der Waals surface area (Å²) in [5, 5.41) is 0.770. The molecule has 2 rings (SSSR count). The van der Waals surface area contributed by atoms with Gasteiger partial charge in [-0.15, -0.1) is 0 Å². The average molecular weight is 270 g/mol. The number of fused-ring (bicyclic) bond motifs is 1. The van der Waals surface area contributed by atoms with Gasteiger partial charge in [0, 0.05) is 17.5 Å². The molecule has 0 saturated carbocycles. The summed E-state index contributed by atoms with van der Waals surface area (Å²) in [7, 11) is 0. The third kappa shape index (κ3) is 3.53. The molecule has 0 radical (unpaired) electrons. The number of hydrogen-bond acceptors (Lipinski definition) is 3. The molecule has 0 spiro atoms. The molecule has 0 unspecified atom stereocenters. The van der Waals surface area contributed by atoms with Crippen molar-refractivity contribution in [3.63, 3.8) is 0 Å². The number of unbranched alkanes of at least 4 members (excludes halogenated alkanes) is 2. The van der Waals surface area contributed by atoms with Crippen LogP contribution in [-0.2, 0) is 6.42 Å². The van der Waals surface area contributed by atoms with Gasteiger partial charge in [-0.2, -0.15) is 0 Å². The van der Waals surface area contributed by atoms with Crippen molar-refractivity contribution in [2.24, 2.45) is 5.73 Å². The Labute approximate surface area is 113 Å². The highest BCUT2D eigenvalue weighted by Gasteiger charge is 2.13. The van der Waals surface area contributed by atoms with Crippen LogP contribution in [-0.4, -0.2) is 19.8 Å². The van der Waals surface area contributed by atoms with Gasteiger partial charge >= 0.3 is 0 Å². The Hall–Kier alpha value is -0.930. The zero-order valence-corrected chi connectivity index (χ0v) is 11.3. The molecule has 0 aliphatic carbocycles. The van der Waals surface area contributed by atoms with Crippen LogP contribution in [0.4, 0.5) is 0 Å². The molecule has 2 N–H and O–H groups in total. The van der Waals surface area contributed by atoms with Crippen molar-refractivity contribution in [2.45, 2.75) is 32.1 Å². The van der Waals surface area contributed by atoms with Crippen molar-refractivity contribution in [3.05, 3.63) is 22.7 Å². The molecule has 0 bridgehead atoms. The fourth-order valence-electron chi connectivity index (χ4n) is 2.05. The van der Waals surface area contributed by atoms with Gasteiger partial charge in [0.1, 0.15) is 0 Å². The molecule has 0 fully saturated rings. The normalized spacial score (nSPS) is 14.3. The van der Waals surface area contributed by atoms with Crippen molar-refractivity contribution >= 4 is 11.6 Å². The number of halogens is 1. The van der Waals surface area contributed by atoms with Gasteiger partial charge in [-0.05, 0) is 37.4 Å². The minimum absolute atomic E-state index is 0.694. The summed E-state index contributed by atoms with van der Waals surface area (Å²) in [6.45, 7) is 2.16. The third-order valence-electron chi connectivity index (χ3n) is 3.07. The summed E-state index contributed by atoms with van der Waals surface area (Å²) >= 11 is 6.27. The van der Waals surface area contributed by atoms with Crippen molar-refractivity contribution in [3.8, 4) is 11.5 Å². The van der Waals surface area contributed by atoms with Gasteiger partial charge in [0.2, 0.25) is 0 Å². The fraction of sp³-hybridized carbons (Fsp3) is 0.571. The Morgan fingerprint density at radius 3 is 2.50 bits per heavy atom. The van der Waals surface area contributed by atoms with Crippen molar-refractivity contribution in [1.82, 2.24) is 0 Å². The number of hydrogen-bond donors (Lipinski definition) is 1. The van der Waals surface area contributed by atoms with Gasteiger partial charge in [-0.1, -0.05) is 18.0 Å². The molecular formula is C14H20ClNO2. The first kappa shape index (κ1) is 13.5. The van der Waals surface area contributed by atoms with E-state index in [9.17, 15) is 0 Å². The molecule has 4 heteroatoms. The summed E-state index contributed by atoms with van der Waals surface area (Å²) in [4.78, 5) is 0. The van der Waals surface area contributed by atoms with Crippen LogP contribution in [0.1, 0.15) is 31.2 Å². The summed E-state index contributed by atoms with van der Waals surface area (Å²) < 4.78 is 11.3. The fourth-order valence-corrected chi connectivity index (χ4v) is 2.30. The molecule has 1 aliphatic rings. The highest BCUT2D eigenvalue weighted by molar-refractivity contribution is 6.31. The molecular weight excluding hydrogens is 250 g/mol. The van der Waals surface area contributed by atoms with E-state index in [1.54, 1.807) is 0 Å². The Bertz CT molecular complexity index is 396. The lowest BCUT2D eigenvalue weighted by Gasteiger charge is -2.11. The molecule has 3 nitrogen and oxygen atoms in total. The Morgan fingerprint density at radius 2 is 1.78 bits per heavy atom. The molecule has 0 amide bonds. The SMILES string of the molecule is NCCCCCc1cc2c(cc1Cl)OCCCO2. The standard InChI is InChI=1S/C14H20ClNO2/c15-12-10-14-13(17-7-4-8-18-14)9-11(12)5-2-1-3-6-16/h9-10H,1-8,16H2. The van der Waals surface area contributed by atoms with E-state index in [1.807, 2.05) is 12.1 Å². The van der Waals surface area contributed by atoms with Crippen molar-refractivity contribution in [2.75, 3.05) is 19.8 Å². The van der Waals surface area contributed by atoms with Gasteiger partial charge in [0.25, 0.3) is 0 Å². The van der Waals surface area contributed by atoms with Crippen LogP contribution in [0.25, 0.3) is 0 Å². The second-order valence-corrected chi connectivity index (χ2v) is 4.95. The van der Waals surface area contributed by atoms with Crippen molar-refractivity contribution in [1.29, 1.82) is 0 Å². The Kier molecular flexibility index (Phi) is 5.14. The molecule has 18 heavy (non-hydrogen) atoms. The first-order chi connectivity index (χ1) is 8.81. The lowest BCUT2D eigenvalue weighted by atomic mass is 10.1. The predicted molar refractivity (Wildman–Crippen MR) is 73.7 cm³/mol. The van der Waals surface area contributed by atoms with E-state index < -0.39 is 0 Å². The number of nitrogens with two attached hydrogens (primary N) is 1. The molecule has 1 aromatic carbocycles. The molecule has 0 saturated heterocycles. The van der Waals surface area contributed by atoms with Gasteiger partial charge in [0.05, 0.1) is 13.2 Å². The smallest absolute Gasteiger partial charge is 0.162 e. The van der Waals surface area contributed by atoms with Gasteiger partial charge in [-0.3, -0.25) is 0 Å². The molecule has 100 valence electrons. The zero-order chi connectivity index (χ0) is 12.8. The number of aryl methyl sites for hydroxylation is 1. The van der Waals surface area contributed by atoms with Crippen LogP contribution in [0.5, 0.6) is 11.5 Å². The van der Waals surface area contributed by atoms with Gasteiger partial charge in [-0.25, -0.2) is 0 Å². The summed E-state index contributed by atoms with van der Waals surface area (Å²) in [5.74, 6) is 1.59. The molecule has 1 aliphatic heterocycles. The monoisotopic (exact) mass is 269 g/mol. The van der Waals surface area contributed by atoms with Crippen LogP contribution in [0.15, 0.2) is 12.1 Å². The van der Waals surface area contributed by atoms with Crippen LogP contribution in [0.3, 0.4) is 0 Å². The summed E-state index contributed by atoms with van der Waals surface area (Å²) in [5.41, 5.74) is 6.62. The lowest BCUT2D eigenvalue weighted by molar-refractivity contribution is 0.297. The third-order valence-corrected chi connectivity index (χ3v) is 3.42. The maximum atomic E-state index is 6.27. The maximum Gasteiger partial charge on any atom is 0.162 e. The van der Waals surface area contributed by atoms with Crippen LogP contribution in [0.2, 0.25) is 5.02 Å². The van der Waals surface area contributed by atoms with E-state index in [0.29, 0.717) is 13.2 Å². The predicted octanol–water partition coefficient (Wildman–Crippen LogP) is 3.17. The summed E-state index contributed by atoms with van der Waals surface area (Å²) in [6, 6.07) is 3.89. The van der Waals surface area contributed by atoms with E-state index in [-0.39, 0.29) is 0 Å². The topological polar surface area (TPSA) is 44.5 Å². The minimum Gasteiger partial charge on any atom is -0.490 e. The van der Waals surface area contributed by atoms with E-state index in [1.165, 1.54) is 0 Å². The second kappa shape index (κ2) is 6.86. The van der Waals surface area contributed by atoms with Gasteiger partial charge in [0.15, 0.2) is 11.5 Å². The quantitative estimate of drug-likeness (QED) is 0.835.